The Bertz CT molecular complexity index is 3650. The van der Waals surface area contributed by atoms with Crippen LogP contribution in [0.15, 0.2) is 185 Å². The molecule has 2 unspecified atom stereocenters. The first-order valence-electron chi connectivity index (χ1n) is 21.9. The van der Waals surface area contributed by atoms with Gasteiger partial charge in [-0.05, 0) is 77.9 Å². The molecule has 0 saturated carbocycles. The first kappa shape index (κ1) is 36.3. The minimum absolute atomic E-state index is 0.105. The largest absolute Gasteiger partial charge is 0.460 e. The molecule has 4 heterocycles. The fourth-order valence-electron chi connectivity index (χ4n) is 10.0. The highest BCUT2D eigenvalue weighted by Gasteiger charge is 2.27. The molecule has 3 aliphatic rings. The van der Waals surface area contributed by atoms with Gasteiger partial charge in [0, 0.05) is 76.9 Å². The van der Waals surface area contributed by atoms with Gasteiger partial charge < -0.3 is 8.83 Å². The van der Waals surface area contributed by atoms with Gasteiger partial charge in [0.15, 0.2) is 17.5 Å². The maximum absolute atomic E-state index is 6.65. The monoisotopic (exact) mass is 829 g/mol. The second kappa shape index (κ2) is 14.6. The smallest absolute Gasteiger partial charge is 0.164 e. The lowest BCUT2D eigenvalue weighted by molar-refractivity contribution is 0.545. The second-order valence-electron chi connectivity index (χ2n) is 16.8. The number of hydrogen-bond donors (Lipinski definition) is 0. The number of nitrogens with zero attached hydrogens (tertiary/aromatic N) is 3. The number of aromatic nitrogens is 3. The summed E-state index contributed by atoms with van der Waals surface area (Å²) in [5, 5.41) is 5.98. The van der Waals surface area contributed by atoms with Gasteiger partial charge in [0.2, 0.25) is 0 Å². The molecule has 10 aromatic rings. The lowest BCUT2D eigenvalue weighted by Crippen LogP contribution is -2.09. The van der Waals surface area contributed by atoms with Crippen molar-refractivity contribution in [3.05, 3.63) is 210 Å². The molecule has 4 aromatic heterocycles. The van der Waals surface area contributed by atoms with Crippen molar-refractivity contribution >= 4 is 75.6 Å². The quantitative estimate of drug-likeness (QED) is 0.167. The summed E-state index contributed by atoms with van der Waals surface area (Å²) in [6, 6.07) is 45.5. The molecular weight excluding hydrogens is 791 g/mol. The molecule has 6 heteroatoms. The third-order valence-corrected chi connectivity index (χ3v) is 14.2. The molecule has 13 rings (SSSR count). The van der Waals surface area contributed by atoms with Crippen LogP contribution in [0, 0.1) is 0 Å². The van der Waals surface area contributed by atoms with Crippen LogP contribution in [0.4, 0.5) is 0 Å². The van der Waals surface area contributed by atoms with Crippen LogP contribution >= 0.6 is 11.3 Å². The van der Waals surface area contributed by atoms with Crippen LogP contribution in [-0.2, 0) is 6.42 Å². The zero-order valence-corrected chi connectivity index (χ0v) is 35.1. The van der Waals surface area contributed by atoms with E-state index in [2.05, 4.69) is 164 Å². The fourth-order valence-corrected chi connectivity index (χ4v) is 11.2. The topological polar surface area (TPSA) is 65.0 Å². The minimum atomic E-state index is 0.105. The summed E-state index contributed by atoms with van der Waals surface area (Å²) in [5.41, 5.74) is 11.7. The van der Waals surface area contributed by atoms with Gasteiger partial charge in [0.1, 0.15) is 22.5 Å². The molecule has 0 amide bonds. The van der Waals surface area contributed by atoms with Crippen LogP contribution in [-0.4, -0.2) is 15.0 Å². The third kappa shape index (κ3) is 6.08. The zero-order chi connectivity index (χ0) is 41.4. The van der Waals surface area contributed by atoms with Gasteiger partial charge >= 0.3 is 0 Å². The summed E-state index contributed by atoms with van der Waals surface area (Å²) in [6.45, 7) is 0. The Morgan fingerprint density at radius 1 is 0.556 bits per heavy atom. The van der Waals surface area contributed by atoms with E-state index >= 15 is 0 Å². The Balaban J connectivity index is 0.921. The number of thiophene rings is 1. The number of rotatable bonds is 6. The highest BCUT2D eigenvalue weighted by Crippen LogP contribution is 2.45. The van der Waals surface area contributed by atoms with Crippen molar-refractivity contribution in [3.8, 4) is 22.5 Å². The molecule has 0 aliphatic heterocycles. The molecule has 2 atom stereocenters. The lowest BCUT2D eigenvalue weighted by atomic mass is 9.85. The van der Waals surface area contributed by atoms with Gasteiger partial charge in [0.25, 0.3) is 0 Å². The number of para-hydroxylation sites is 2. The Labute approximate surface area is 367 Å². The van der Waals surface area contributed by atoms with E-state index in [1.165, 1.54) is 42.2 Å². The van der Waals surface area contributed by atoms with E-state index in [4.69, 9.17) is 23.8 Å². The van der Waals surface area contributed by atoms with E-state index in [0.29, 0.717) is 23.4 Å². The molecule has 0 radical (unpaired) electrons. The van der Waals surface area contributed by atoms with Crippen molar-refractivity contribution in [1.29, 1.82) is 0 Å². The standard InChI is InChI=1S/C57H39N3O2S/c1-2-12-34(13-3-1)35-24-28-37(29-25-35)55-58-56(60-57(59-55)44-18-10-21-48-52(44)41-14-4-7-19-46(41)61-48)38-30-26-36(27-31-38)45-32-39(33-49-53(45)42-15-5-8-20-47(42)62-49)40-17-11-23-51-54(40)43-16-6-9-22-50(43)63-51/h1-9,11-12,14-20,22-26,28-34,36H,10,13,21,27H2. The predicted molar refractivity (Wildman–Crippen MR) is 259 cm³/mol. The Morgan fingerprint density at radius 2 is 1.33 bits per heavy atom. The summed E-state index contributed by atoms with van der Waals surface area (Å²) in [5.74, 6) is 3.45. The number of aryl methyl sites for hydroxylation is 1. The van der Waals surface area contributed by atoms with E-state index in [-0.39, 0.29) is 5.92 Å². The Morgan fingerprint density at radius 3 is 2.17 bits per heavy atom. The third-order valence-electron chi connectivity index (χ3n) is 13.1. The summed E-state index contributed by atoms with van der Waals surface area (Å²) in [4.78, 5) is 15.7. The molecule has 0 N–H and O–H groups in total. The summed E-state index contributed by atoms with van der Waals surface area (Å²) in [6.07, 6.45) is 21.4. The van der Waals surface area contributed by atoms with E-state index in [1.54, 1.807) is 0 Å². The average molecular weight is 830 g/mol. The highest BCUT2D eigenvalue weighted by molar-refractivity contribution is 7.25. The van der Waals surface area contributed by atoms with Gasteiger partial charge in [-0.25, -0.2) is 15.0 Å². The van der Waals surface area contributed by atoms with Crippen molar-refractivity contribution < 1.29 is 8.83 Å². The Hall–Kier alpha value is -7.41. The van der Waals surface area contributed by atoms with E-state index in [9.17, 15) is 0 Å². The van der Waals surface area contributed by atoms with Crippen molar-refractivity contribution in [2.75, 3.05) is 0 Å². The predicted octanol–water partition coefficient (Wildman–Crippen LogP) is 15.3. The van der Waals surface area contributed by atoms with E-state index in [0.717, 1.165) is 86.8 Å². The number of allylic oxidation sites excluding steroid dienone is 9. The fraction of sp³-hybridized carbons (Fsp3) is 0.105. The highest BCUT2D eigenvalue weighted by atomic mass is 32.1. The van der Waals surface area contributed by atoms with Crippen LogP contribution in [0.2, 0.25) is 0 Å². The van der Waals surface area contributed by atoms with E-state index in [1.807, 2.05) is 23.5 Å². The first-order valence-corrected chi connectivity index (χ1v) is 22.7. The molecule has 0 bridgehead atoms. The number of furan rings is 2. The lowest BCUT2D eigenvalue weighted by Gasteiger charge is -2.20. The maximum Gasteiger partial charge on any atom is 0.164 e. The molecule has 0 fully saturated rings. The number of fused-ring (bicyclic) bond motifs is 9. The molecule has 63 heavy (non-hydrogen) atoms. The number of benzene rings is 6. The normalized spacial score (nSPS) is 17.3. The molecule has 0 saturated heterocycles. The summed E-state index contributed by atoms with van der Waals surface area (Å²) >= 11 is 1.85. The number of hydrogen-bond acceptors (Lipinski definition) is 6. The summed E-state index contributed by atoms with van der Waals surface area (Å²) in [7, 11) is 0. The van der Waals surface area contributed by atoms with E-state index < -0.39 is 0 Å². The molecule has 3 aliphatic carbocycles. The van der Waals surface area contributed by atoms with Crippen molar-refractivity contribution in [2.45, 2.75) is 37.5 Å². The first-order chi connectivity index (χ1) is 31.2. The van der Waals surface area contributed by atoms with Gasteiger partial charge in [-0.15, -0.1) is 11.3 Å². The van der Waals surface area contributed by atoms with Crippen LogP contribution < -0.4 is 0 Å². The van der Waals surface area contributed by atoms with Gasteiger partial charge in [-0.3, -0.25) is 0 Å². The van der Waals surface area contributed by atoms with Gasteiger partial charge in [-0.1, -0.05) is 140 Å². The Kier molecular flexibility index (Phi) is 8.41. The van der Waals surface area contributed by atoms with Crippen molar-refractivity contribution in [1.82, 2.24) is 15.0 Å². The van der Waals surface area contributed by atoms with Crippen LogP contribution in [0.1, 0.15) is 65.2 Å². The second-order valence-corrected chi connectivity index (χ2v) is 17.9. The molecule has 5 nitrogen and oxygen atoms in total. The van der Waals surface area contributed by atoms with Gasteiger partial charge in [-0.2, -0.15) is 0 Å². The van der Waals surface area contributed by atoms with Crippen LogP contribution in [0.3, 0.4) is 0 Å². The average Bonchev–Trinajstić information content (AvgIpc) is 4.05. The molecular formula is C57H39N3O2S. The molecule has 0 spiro atoms. The SMILES string of the molecule is C1=CCC(c2ccc(-c3nc(C4=CCC(c5cc(-c6cccc7sc8ccccc8c67)cc6oc7ccccc7c56)C=C4)nc(C4=CCCc5oc6ccccc6c54)n3)cc2)C=C1. The molecule has 300 valence electrons. The maximum atomic E-state index is 6.65. The molecule has 6 aromatic carbocycles. The summed E-state index contributed by atoms with van der Waals surface area (Å²) < 4.78 is 15.6. The van der Waals surface area contributed by atoms with Crippen molar-refractivity contribution in [2.24, 2.45) is 0 Å². The van der Waals surface area contributed by atoms with Crippen LogP contribution in [0.5, 0.6) is 0 Å². The van der Waals surface area contributed by atoms with Gasteiger partial charge in [0.05, 0.1) is 0 Å². The minimum Gasteiger partial charge on any atom is -0.460 e. The zero-order valence-electron chi connectivity index (χ0n) is 34.3. The van der Waals surface area contributed by atoms with Crippen molar-refractivity contribution in [3.63, 3.8) is 0 Å². The van der Waals surface area contributed by atoms with Crippen LogP contribution in [0.25, 0.3) is 86.7 Å².